The monoisotopic (exact) mass is 322 g/mol. The fourth-order valence-electron chi connectivity index (χ4n) is 2.15. The van der Waals surface area contributed by atoms with Crippen molar-refractivity contribution in [2.75, 3.05) is 25.4 Å². The van der Waals surface area contributed by atoms with Crippen molar-refractivity contribution in [3.8, 4) is 0 Å². The van der Waals surface area contributed by atoms with Gasteiger partial charge in [0.05, 0.1) is 23.3 Å². The van der Waals surface area contributed by atoms with Crippen molar-refractivity contribution in [1.82, 2.24) is 14.7 Å². The van der Waals surface area contributed by atoms with Crippen molar-refractivity contribution >= 4 is 15.7 Å². The van der Waals surface area contributed by atoms with Crippen molar-refractivity contribution in [2.24, 2.45) is 0 Å². The summed E-state index contributed by atoms with van der Waals surface area (Å²) in [6.45, 7) is 5.27. The number of likely N-dealkylation sites (N-methyl/N-ethyl adjacent to an activating group) is 1. The van der Waals surface area contributed by atoms with E-state index in [1.54, 1.807) is 29.9 Å². The fraction of sp³-hybridized carbons (Fsp3) is 0.400. The van der Waals surface area contributed by atoms with Gasteiger partial charge in [0, 0.05) is 12.7 Å². The summed E-state index contributed by atoms with van der Waals surface area (Å²) in [5.41, 5.74) is 2.24. The van der Waals surface area contributed by atoms with Crippen molar-refractivity contribution in [3.05, 3.63) is 41.7 Å². The second kappa shape index (κ2) is 6.50. The molecule has 7 heteroatoms. The van der Waals surface area contributed by atoms with Gasteiger partial charge in [0.1, 0.15) is 0 Å². The largest absolute Gasteiger partial charge is 0.308 e. The van der Waals surface area contributed by atoms with Crippen LogP contribution in [0.25, 0.3) is 0 Å². The number of anilines is 1. The summed E-state index contributed by atoms with van der Waals surface area (Å²) >= 11 is 0. The van der Waals surface area contributed by atoms with E-state index in [-0.39, 0.29) is 0 Å². The van der Waals surface area contributed by atoms with Gasteiger partial charge >= 0.3 is 0 Å². The number of rotatable bonds is 6. The smallest absolute Gasteiger partial charge is 0.262 e. The molecule has 0 aliphatic rings. The summed E-state index contributed by atoms with van der Waals surface area (Å²) in [5.74, 6) is 0. The minimum Gasteiger partial charge on any atom is -0.308 e. The molecule has 0 atom stereocenters. The number of benzene rings is 1. The SMILES string of the molecule is Cc1ccc(S(=O)(=O)Nc2cnn(CCN(C)C)c2)c(C)c1. The Kier molecular flexibility index (Phi) is 4.87. The molecule has 6 nitrogen and oxygen atoms in total. The van der Waals surface area contributed by atoms with Crippen LogP contribution in [0.1, 0.15) is 11.1 Å². The van der Waals surface area contributed by atoms with Crippen LogP contribution in [-0.4, -0.2) is 43.7 Å². The third-order valence-corrected chi connectivity index (χ3v) is 4.82. The number of sulfonamides is 1. The first-order valence-corrected chi connectivity index (χ1v) is 8.53. The molecular weight excluding hydrogens is 300 g/mol. The zero-order valence-electron chi connectivity index (χ0n) is 13.4. The fourth-order valence-corrected chi connectivity index (χ4v) is 3.41. The van der Waals surface area contributed by atoms with Crippen LogP contribution in [0.3, 0.4) is 0 Å². The van der Waals surface area contributed by atoms with Crippen LogP contribution >= 0.6 is 0 Å². The highest BCUT2D eigenvalue weighted by molar-refractivity contribution is 7.92. The van der Waals surface area contributed by atoms with Gasteiger partial charge in [-0.2, -0.15) is 5.10 Å². The molecule has 0 amide bonds. The highest BCUT2D eigenvalue weighted by Gasteiger charge is 2.17. The van der Waals surface area contributed by atoms with E-state index in [9.17, 15) is 8.42 Å². The lowest BCUT2D eigenvalue weighted by atomic mass is 10.2. The Morgan fingerprint density at radius 2 is 2.00 bits per heavy atom. The van der Waals surface area contributed by atoms with Crippen molar-refractivity contribution in [2.45, 2.75) is 25.3 Å². The first-order valence-electron chi connectivity index (χ1n) is 7.05. The van der Waals surface area contributed by atoms with E-state index in [1.807, 2.05) is 32.0 Å². The molecule has 0 radical (unpaired) electrons. The van der Waals surface area contributed by atoms with Crippen LogP contribution in [-0.2, 0) is 16.6 Å². The molecule has 1 aromatic carbocycles. The molecule has 1 N–H and O–H groups in total. The summed E-state index contributed by atoms with van der Waals surface area (Å²) < 4.78 is 29.2. The molecule has 1 heterocycles. The van der Waals surface area contributed by atoms with E-state index in [2.05, 4.69) is 9.82 Å². The van der Waals surface area contributed by atoms with Crippen molar-refractivity contribution in [3.63, 3.8) is 0 Å². The second-order valence-electron chi connectivity index (χ2n) is 5.67. The third-order valence-electron chi connectivity index (χ3n) is 3.28. The molecule has 2 aromatic rings. The third kappa shape index (κ3) is 4.08. The Balaban J connectivity index is 2.15. The highest BCUT2D eigenvalue weighted by atomic mass is 32.2. The number of hydrogen-bond acceptors (Lipinski definition) is 4. The maximum Gasteiger partial charge on any atom is 0.262 e. The molecule has 0 saturated carbocycles. The number of hydrogen-bond donors (Lipinski definition) is 1. The number of aromatic nitrogens is 2. The number of nitrogens with one attached hydrogen (secondary N) is 1. The Hall–Kier alpha value is -1.86. The molecule has 0 aliphatic carbocycles. The molecule has 0 bridgehead atoms. The van der Waals surface area contributed by atoms with Gasteiger partial charge in [0.15, 0.2) is 0 Å². The maximum atomic E-state index is 12.5. The quantitative estimate of drug-likeness (QED) is 0.881. The van der Waals surface area contributed by atoms with E-state index in [1.165, 1.54) is 6.20 Å². The van der Waals surface area contributed by atoms with Crippen LogP contribution in [0.4, 0.5) is 5.69 Å². The molecule has 22 heavy (non-hydrogen) atoms. The lowest BCUT2D eigenvalue weighted by Gasteiger charge is -2.10. The van der Waals surface area contributed by atoms with E-state index in [0.29, 0.717) is 17.1 Å². The Bertz CT molecular complexity index is 751. The van der Waals surface area contributed by atoms with Crippen LogP contribution < -0.4 is 4.72 Å². The summed E-state index contributed by atoms with van der Waals surface area (Å²) in [5, 5.41) is 4.17. The summed E-state index contributed by atoms with van der Waals surface area (Å²) in [4.78, 5) is 2.33. The number of nitrogens with zero attached hydrogens (tertiary/aromatic N) is 3. The molecule has 120 valence electrons. The van der Waals surface area contributed by atoms with Crippen molar-refractivity contribution in [1.29, 1.82) is 0 Å². The van der Waals surface area contributed by atoms with Crippen LogP contribution in [0.2, 0.25) is 0 Å². The van der Waals surface area contributed by atoms with E-state index >= 15 is 0 Å². The van der Waals surface area contributed by atoms with Gasteiger partial charge < -0.3 is 4.90 Å². The van der Waals surface area contributed by atoms with Gasteiger partial charge in [-0.1, -0.05) is 17.7 Å². The molecule has 0 aliphatic heterocycles. The maximum absolute atomic E-state index is 12.5. The molecule has 0 saturated heterocycles. The molecule has 2 rings (SSSR count). The zero-order chi connectivity index (χ0) is 16.3. The molecule has 0 spiro atoms. The van der Waals surface area contributed by atoms with Gasteiger partial charge in [-0.25, -0.2) is 8.42 Å². The van der Waals surface area contributed by atoms with Gasteiger partial charge in [-0.05, 0) is 39.6 Å². The average Bonchev–Trinajstić information content (AvgIpc) is 2.82. The van der Waals surface area contributed by atoms with Gasteiger partial charge in [0.2, 0.25) is 0 Å². The zero-order valence-corrected chi connectivity index (χ0v) is 14.2. The summed E-state index contributed by atoms with van der Waals surface area (Å²) in [6, 6.07) is 5.28. The summed E-state index contributed by atoms with van der Waals surface area (Å²) in [6.07, 6.45) is 3.22. The second-order valence-corrected chi connectivity index (χ2v) is 7.32. The van der Waals surface area contributed by atoms with Gasteiger partial charge in [-0.3, -0.25) is 9.40 Å². The van der Waals surface area contributed by atoms with E-state index in [0.717, 1.165) is 17.7 Å². The number of aryl methyl sites for hydroxylation is 2. The van der Waals surface area contributed by atoms with Crippen LogP contribution in [0.5, 0.6) is 0 Å². The predicted molar refractivity (Wildman–Crippen MR) is 87.5 cm³/mol. The standard InChI is InChI=1S/C15H22N4O2S/c1-12-5-6-15(13(2)9-12)22(20,21)17-14-10-16-19(11-14)8-7-18(3)4/h5-6,9-11,17H,7-8H2,1-4H3. The molecule has 0 fully saturated rings. The highest BCUT2D eigenvalue weighted by Crippen LogP contribution is 2.20. The Morgan fingerprint density at radius 3 is 2.64 bits per heavy atom. The van der Waals surface area contributed by atoms with E-state index < -0.39 is 10.0 Å². The first-order chi connectivity index (χ1) is 10.3. The predicted octanol–water partition coefficient (Wildman–Crippen LogP) is 1.86. The minimum absolute atomic E-state index is 0.291. The normalized spacial score (nSPS) is 11.9. The topological polar surface area (TPSA) is 67.2 Å². The molecule has 0 unspecified atom stereocenters. The Morgan fingerprint density at radius 1 is 1.27 bits per heavy atom. The molecular formula is C15H22N4O2S. The molecule has 1 aromatic heterocycles. The lowest BCUT2D eigenvalue weighted by molar-refractivity contribution is 0.373. The van der Waals surface area contributed by atoms with Crippen molar-refractivity contribution < 1.29 is 8.42 Å². The first kappa shape index (κ1) is 16.5. The van der Waals surface area contributed by atoms with E-state index in [4.69, 9.17) is 0 Å². The lowest BCUT2D eigenvalue weighted by Crippen LogP contribution is -2.18. The minimum atomic E-state index is -3.59. The summed E-state index contributed by atoms with van der Waals surface area (Å²) in [7, 11) is 0.366. The van der Waals surface area contributed by atoms with Gasteiger partial charge in [-0.15, -0.1) is 0 Å². The van der Waals surface area contributed by atoms with Crippen LogP contribution in [0, 0.1) is 13.8 Å². The van der Waals surface area contributed by atoms with Crippen LogP contribution in [0.15, 0.2) is 35.5 Å². The van der Waals surface area contributed by atoms with Gasteiger partial charge in [0.25, 0.3) is 10.0 Å². The Labute approximate surface area is 131 Å². The average molecular weight is 322 g/mol.